The van der Waals surface area contributed by atoms with Gasteiger partial charge in [0.15, 0.2) is 4.34 Å². The summed E-state index contributed by atoms with van der Waals surface area (Å²) >= 11 is 2.80. The topological polar surface area (TPSA) is 79.1 Å². The van der Waals surface area contributed by atoms with Gasteiger partial charge in [-0.15, -0.1) is 10.2 Å². The van der Waals surface area contributed by atoms with Gasteiger partial charge >= 0.3 is 0 Å². The Morgan fingerprint density at radius 1 is 1.43 bits per heavy atom. The van der Waals surface area contributed by atoms with Gasteiger partial charge in [0.25, 0.3) is 0 Å². The van der Waals surface area contributed by atoms with E-state index in [0.717, 1.165) is 9.35 Å². The fourth-order valence-electron chi connectivity index (χ4n) is 1.93. The molecule has 120 valence electrons. The smallest absolute Gasteiger partial charge is 0.237 e. The predicted octanol–water partition coefficient (Wildman–Crippen LogP) is 2.89. The normalized spacial score (nSPS) is 10.1. The third-order valence-corrected chi connectivity index (χ3v) is 4.91. The molecule has 0 atom stereocenters. The van der Waals surface area contributed by atoms with Gasteiger partial charge in [0.2, 0.25) is 5.91 Å². The second-order valence-corrected chi connectivity index (χ2v) is 6.91. The van der Waals surface area contributed by atoms with Crippen molar-refractivity contribution in [2.75, 3.05) is 24.3 Å². The quantitative estimate of drug-likeness (QED) is 0.716. The van der Waals surface area contributed by atoms with E-state index in [1.54, 1.807) is 18.1 Å². The van der Waals surface area contributed by atoms with Crippen molar-refractivity contribution in [3.63, 3.8) is 0 Å². The Bertz CT molecular complexity index is 711. The van der Waals surface area contributed by atoms with Crippen LogP contribution in [0, 0.1) is 18.3 Å². The Hall–Kier alpha value is -2.11. The Labute approximate surface area is 143 Å². The van der Waals surface area contributed by atoms with Crippen LogP contribution in [-0.4, -0.2) is 35.5 Å². The summed E-state index contributed by atoms with van der Waals surface area (Å²) in [6.07, 6.45) is 0.256. The molecule has 0 unspecified atom stereocenters. The van der Waals surface area contributed by atoms with Crippen LogP contribution in [0.4, 0.5) is 5.69 Å². The van der Waals surface area contributed by atoms with E-state index in [0.29, 0.717) is 18.0 Å². The fraction of sp³-hybridized carbons (Fsp3) is 0.333. The van der Waals surface area contributed by atoms with Crippen molar-refractivity contribution in [1.29, 1.82) is 5.26 Å². The number of hydrogen-bond acceptors (Lipinski definition) is 7. The van der Waals surface area contributed by atoms with E-state index in [4.69, 9.17) is 10.00 Å². The molecule has 0 fully saturated rings. The molecule has 0 aliphatic rings. The molecular formula is C15H16N4O2S2. The summed E-state index contributed by atoms with van der Waals surface area (Å²) in [5.74, 6) is 0.746. The van der Waals surface area contributed by atoms with E-state index in [1.165, 1.54) is 23.1 Å². The third-order valence-electron chi connectivity index (χ3n) is 2.95. The van der Waals surface area contributed by atoms with Crippen molar-refractivity contribution in [2.24, 2.45) is 0 Å². The zero-order valence-corrected chi connectivity index (χ0v) is 14.5. The molecule has 0 spiro atoms. The third kappa shape index (κ3) is 4.68. The number of aryl methyl sites for hydroxylation is 1. The first-order valence-corrected chi connectivity index (χ1v) is 8.69. The second kappa shape index (κ2) is 8.50. The maximum Gasteiger partial charge on any atom is 0.237 e. The molecule has 2 aromatic rings. The number of hydrogen-bond donors (Lipinski definition) is 0. The maximum absolute atomic E-state index is 12.6. The Morgan fingerprint density at radius 3 is 2.87 bits per heavy atom. The van der Waals surface area contributed by atoms with E-state index in [9.17, 15) is 4.79 Å². The molecule has 1 heterocycles. The molecule has 0 saturated carbocycles. The predicted molar refractivity (Wildman–Crippen MR) is 90.9 cm³/mol. The summed E-state index contributed by atoms with van der Waals surface area (Å²) < 4.78 is 6.08. The van der Waals surface area contributed by atoms with Crippen LogP contribution in [0.25, 0.3) is 0 Å². The number of anilines is 1. The number of amides is 1. The first kappa shape index (κ1) is 17.2. The van der Waals surface area contributed by atoms with Crippen molar-refractivity contribution >= 4 is 34.7 Å². The van der Waals surface area contributed by atoms with E-state index < -0.39 is 0 Å². The Kier molecular flexibility index (Phi) is 6.38. The molecule has 1 aromatic carbocycles. The van der Waals surface area contributed by atoms with Gasteiger partial charge in [0.1, 0.15) is 10.8 Å². The molecule has 0 aliphatic heterocycles. The summed E-state index contributed by atoms with van der Waals surface area (Å²) in [6, 6.07) is 9.36. The second-order valence-electron chi connectivity index (χ2n) is 4.50. The highest BCUT2D eigenvalue weighted by atomic mass is 32.2. The minimum absolute atomic E-state index is 0.0948. The highest BCUT2D eigenvalue weighted by molar-refractivity contribution is 8.01. The number of methoxy groups -OCH3 is 1. The SMILES string of the molecule is COc1ccccc1N(CCC#N)C(=O)CSc1nnc(C)s1. The molecule has 6 nitrogen and oxygen atoms in total. The Balaban J connectivity index is 2.13. The zero-order chi connectivity index (χ0) is 16.7. The average molecular weight is 348 g/mol. The van der Waals surface area contributed by atoms with E-state index >= 15 is 0 Å². The number of ether oxygens (including phenoxy) is 1. The number of nitrogens with zero attached hydrogens (tertiary/aromatic N) is 4. The van der Waals surface area contributed by atoms with Crippen molar-refractivity contribution in [3.05, 3.63) is 29.3 Å². The van der Waals surface area contributed by atoms with Gasteiger partial charge in [-0.3, -0.25) is 4.79 Å². The van der Waals surface area contributed by atoms with Gasteiger partial charge in [-0.2, -0.15) is 5.26 Å². The zero-order valence-electron chi connectivity index (χ0n) is 12.9. The first-order chi connectivity index (χ1) is 11.2. The van der Waals surface area contributed by atoms with Gasteiger partial charge in [-0.1, -0.05) is 35.2 Å². The number of benzene rings is 1. The van der Waals surface area contributed by atoms with Crippen molar-refractivity contribution in [2.45, 2.75) is 17.7 Å². The van der Waals surface area contributed by atoms with Crippen LogP contribution < -0.4 is 9.64 Å². The summed E-state index contributed by atoms with van der Waals surface area (Å²) in [7, 11) is 1.56. The van der Waals surface area contributed by atoms with Crippen molar-refractivity contribution < 1.29 is 9.53 Å². The molecule has 23 heavy (non-hydrogen) atoms. The van der Waals surface area contributed by atoms with Gasteiger partial charge in [0, 0.05) is 6.54 Å². The lowest BCUT2D eigenvalue weighted by atomic mass is 10.2. The summed E-state index contributed by atoms with van der Waals surface area (Å²) in [4.78, 5) is 14.2. The van der Waals surface area contributed by atoms with Crippen LogP contribution in [0.1, 0.15) is 11.4 Å². The molecule has 0 radical (unpaired) electrons. The maximum atomic E-state index is 12.6. The van der Waals surface area contributed by atoms with E-state index in [1.807, 2.05) is 25.1 Å². The molecule has 0 saturated heterocycles. The Morgan fingerprint density at radius 2 is 2.22 bits per heavy atom. The van der Waals surface area contributed by atoms with E-state index in [-0.39, 0.29) is 18.1 Å². The average Bonchev–Trinajstić information content (AvgIpc) is 2.99. The highest BCUT2D eigenvalue weighted by Gasteiger charge is 2.19. The van der Waals surface area contributed by atoms with Gasteiger partial charge in [-0.05, 0) is 19.1 Å². The molecule has 0 bridgehead atoms. The summed E-state index contributed by atoms with van der Waals surface area (Å²) in [6.45, 7) is 2.20. The number of rotatable bonds is 7. The number of carbonyl (C=O) groups is 1. The minimum atomic E-state index is -0.0948. The fourth-order valence-corrected chi connectivity index (χ4v) is 3.62. The molecule has 1 aromatic heterocycles. The van der Waals surface area contributed by atoms with Gasteiger partial charge < -0.3 is 9.64 Å². The molecule has 1 amide bonds. The molecular weight excluding hydrogens is 332 g/mol. The summed E-state index contributed by atoms with van der Waals surface area (Å²) in [5.41, 5.74) is 0.671. The first-order valence-electron chi connectivity index (χ1n) is 6.89. The number of carbonyl (C=O) groups excluding carboxylic acids is 1. The molecule has 8 heteroatoms. The van der Waals surface area contributed by atoms with Crippen LogP contribution in [0.5, 0.6) is 5.75 Å². The number of para-hydroxylation sites is 2. The lowest BCUT2D eigenvalue weighted by molar-refractivity contribution is -0.116. The number of nitriles is 1. The number of aromatic nitrogens is 2. The van der Waals surface area contributed by atoms with Gasteiger partial charge in [0.05, 0.1) is 31.0 Å². The van der Waals surface area contributed by atoms with Crippen LogP contribution in [0.15, 0.2) is 28.6 Å². The van der Waals surface area contributed by atoms with Crippen molar-refractivity contribution in [3.8, 4) is 11.8 Å². The lowest BCUT2D eigenvalue weighted by Crippen LogP contribution is -2.33. The molecule has 2 rings (SSSR count). The van der Waals surface area contributed by atoms with Crippen LogP contribution in [-0.2, 0) is 4.79 Å². The number of thioether (sulfide) groups is 1. The van der Waals surface area contributed by atoms with Crippen LogP contribution in [0.3, 0.4) is 0 Å². The largest absolute Gasteiger partial charge is 0.495 e. The monoisotopic (exact) mass is 348 g/mol. The van der Waals surface area contributed by atoms with E-state index in [2.05, 4.69) is 16.3 Å². The standard InChI is InChI=1S/C15H16N4O2S2/c1-11-17-18-15(23-11)22-10-14(20)19(9-5-8-16)12-6-3-4-7-13(12)21-2/h3-4,6-7H,5,9-10H2,1-2H3. The lowest BCUT2D eigenvalue weighted by Gasteiger charge is -2.23. The minimum Gasteiger partial charge on any atom is -0.495 e. The van der Waals surface area contributed by atoms with Crippen LogP contribution in [0.2, 0.25) is 0 Å². The highest BCUT2D eigenvalue weighted by Crippen LogP contribution is 2.29. The van der Waals surface area contributed by atoms with Crippen LogP contribution >= 0.6 is 23.1 Å². The molecule has 0 aliphatic carbocycles. The summed E-state index contributed by atoms with van der Waals surface area (Å²) in [5, 5.41) is 17.6. The van der Waals surface area contributed by atoms with Crippen molar-refractivity contribution in [1.82, 2.24) is 10.2 Å². The molecule has 0 N–H and O–H groups in total. The van der Waals surface area contributed by atoms with Gasteiger partial charge in [-0.25, -0.2) is 0 Å².